The van der Waals surface area contributed by atoms with Crippen molar-refractivity contribution in [3.05, 3.63) is 0 Å². The molecule has 0 aromatic heterocycles. The van der Waals surface area contributed by atoms with Crippen molar-refractivity contribution >= 4 is 17.7 Å². The Hall–Kier alpha value is 0.597. The van der Waals surface area contributed by atoms with E-state index in [1.54, 1.807) is 0 Å². The fraction of sp³-hybridized carbons (Fsp3) is 1.00. The second-order valence-corrected chi connectivity index (χ2v) is 3.85. The average molecular weight is 120 g/mol. The van der Waals surface area contributed by atoms with Crippen LogP contribution in [0.1, 0.15) is 34.1 Å². The van der Waals surface area contributed by atoms with Crippen molar-refractivity contribution in [2.45, 2.75) is 38.7 Å². The summed E-state index contributed by atoms with van der Waals surface area (Å²) in [5, 5.41) is 0. The average Bonchev–Trinajstić information content (AvgIpc) is 1.63. The Labute approximate surface area is 68.6 Å². The van der Waals surface area contributed by atoms with Gasteiger partial charge in [-0.2, -0.15) is 0 Å². The van der Waals surface area contributed by atoms with Gasteiger partial charge in [-0.1, -0.05) is 0 Å². The summed E-state index contributed by atoms with van der Waals surface area (Å²) in [6.45, 7) is 9.18. The van der Waals surface area contributed by atoms with Crippen LogP contribution in [-0.2, 0) is 0 Å². The second-order valence-electron chi connectivity index (χ2n) is 3.85. The van der Waals surface area contributed by atoms with Gasteiger partial charge in [-0.25, -0.2) is 0 Å². The molecule has 0 radical (unpaired) electrons. The molecule has 9 heavy (non-hydrogen) atoms. The standard InChI is InChI=1S/C8H17.Li/c1-7(2)5-6-8(3)4;/h5,7-8H,6H2,1-4H3;. The van der Waals surface area contributed by atoms with Crippen LogP contribution < -0.4 is 0 Å². The molecule has 0 fully saturated rings. The van der Waals surface area contributed by atoms with Crippen molar-refractivity contribution in [1.82, 2.24) is 0 Å². The Morgan fingerprint density at radius 1 is 1.11 bits per heavy atom. The minimum atomic E-state index is 0.854. The molecule has 0 saturated carbocycles. The monoisotopic (exact) mass is 120 g/mol. The van der Waals surface area contributed by atoms with Crippen LogP contribution in [0.3, 0.4) is 0 Å². The van der Waals surface area contributed by atoms with Crippen LogP contribution in [0.5, 0.6) is 0 Å². The van der Waals surface area contributed by atoms with E-state index in [1.807, 2.05) is 0 Å². The van der Waals surface area contributed by atoms with E-state index in [1.165, 1.54) is 6.42 Å². The Balaban J connectivity index is 3.38. The minimum absolute atomic E-state index is 0.854. The number of hydrogen-bond donors (Lipinski definition) is 0. The first-order valence-electron chi connectivity index (χ1n) is 4.04. The third-order valence-corrected chi connectivity index (χ3v) is 1.98. The van der Waals surface area contributed by atoms with Crippen molar-refractivity contribution in [3.63, 3.8) is 0 Å². The molecule has 0 spiro atoms. The van der Waals surface area contributed by atoms with Crippen LogP contribution in [0.4, 0.5) is 0 Å². The van der Waals surface area contributed by atoms with Gasteiger partial charge in [-0.15, -0.1) is 0 Å². The zero-order valence-electron chi connectivity index (χ0n) is 7.44. The fourth-order valence-corrected chi connectivity index (χ4v) is 1.02. The third kappa shape index (κ3) is 5.06. The fourth-order valence-electron chi connectivity index (χ4n) is 1.02. The molecule has 0 aromatic carbocycles. The first kappa shape index (κ1) is 9.60. The number of hydrogen-bond acceptors (Lipinski definition) is 0. The summed E-state index contributed by atoms with van der Waals surface area (Å²) in [7, 11) is 0. The molecule has 1 unspecified atom stereocenters. The molecule has 0 heterocycles. The molecule has 0 aliphatic rings. The Kier molecular flexibility index (Phi) is 4.71. The van der Waals surface area contributed by atoms with Gasteiger partial charge in [-0.05, 0) is 0 Å². The normalized spacial score (nSPS) is 15.1. The zero-order chi connectivity index (χ0) is 7.44. The summed E-state index contributed by atoms with van der Waals surface area (Å²) in [5.41, 5.74) is 0. The molecule has 0 aliphatic heterocycles. The van der Waals surface area contributed by atoms with Crippen molar-refractivity contribution in [1.29, 1.82) is 0 Å². The topological polar surface area (TPSA) is 0 Å². The number of rotatable bonds is 3. The van der Waals surface area contributed by atoms with E-state index in [9.17, 15) is 0 Å². The summed E-state index contributed by atoms with van der Waals surface area (Å²) < 4.78 is 0.894. The summed E-state index contributed by atoms with van der Waals surface area (Å²) >= 11 is 2.34. The van der Waals surface area contributed by atoms with Crippen LogP contribution in [0, 0.1) is 11.8 Å². The molecule has 0 nitrogen and oxygen atoms in total. The summed E-state index contributed by atoms with van der Waals surface area (Å²) in [6, 6.07) is 0. The van der Waals surface area contributed by atoms with Gasteiger partial charge in [0.2, 0.25) is 0 Å². The van der Waals surface area contributed by atoms with E-state index in [0.29, 0.717) is 0 Å². The maximum absolute atomic E-state index is 2.34. The van der Waals surface area contributed by atoms with Crippen molar-refractivity contribution in [2.75, 3.05) is 0 Å². The first-order valence-corrected chi connectivity index (χ1v) is 4.04. The SMILES string of the molecule is [Li][CH](CC(C)C)C(C)C. The molecule has 1 atom stereocenters. The quantitative estimate of drug-likeness (QED) is 0.502. The molecule has 0 aromatic rings. The Morgan fingerprint density at radius 2 is 1.56 bits per heavy atom. The molecular weight excluding hydrogens is 103 g/mol. The van der Waals surface area contributed by atoms with Gasteiger partial charge < -0.3 is 0 Å². The van der Waals surface area contributed by atoms with Gasteiger partial charge in [0, 0.05) is 0 Å². The van der Waals surface area contributed by atoms with Crippen LogP contribution in [0.2, 0.25) is 4.59 Å². The van der Waals surface area contributed by atoms with Crippen molar-refractivity contribution in [3.8, 4) is 0 Å². The van der Waals surface area contributed by atoms with E-state index in [2.05, 4.69) is 45.4 Å². The molecule has 0 aliphatic carbocycles. The van der Waals surface area contributed by atoms with Crippen LogP contribution >= 0.6 is 0 Å². The van der Waals surface area contributed by atoms with Crippen molar-refractivity contribution < 1.29 is 0 Å². The van der Waals surface area contributed by atoms with E-state index < -0.39 is 0 Å². The van der Waals surface area contributed by atoms with Gasteiger partial charge >= 0.3 is 68.3 Å². The molecular formula is C8H17Li. The zero-order valence-corrected chi connectivity index (χ0v) is 7.44. The Bertz CT molecular complexity index is 67.0. The molecule has 0 bridgehead atoms. The van der Waals surface area contributed by atoms with Gasteiger partial charge in [0.1, 0.15) is 0 Å². The maximum atomic E-state index is 2.34. The van der Waals surface area contributed by atoms with Crippen molar-refractivity contribution in [2.24, 2.45) is 11.8 Å². The van der Waals surface area contributed by atoms with Crippen LogP contribution in [0.25, 0.3) is 0 Å². The molecule has 1 heteroatoms. The summed E-state index contributed by atoms with van der Waals surface area (Å²) in [5.74, 6) is 1.72. The predicted molar refractivity (Wildman–Crippen MR) is 43.8 cm³/mol. The van der Waals surface area contributed by atoms with Crippen LogP contribution in [-0.4, -0.2) is 17.7 Å². The Morgan fingerprint density at radius 3 is 1.67 bits per heavy atom. The molecule has 0 rings (SSSR count). The molecule has 0 saturated heterocycles. The predicted octanol–water partition coefficient (Wildman–Crippen LogP) is 2.65. The van der Waals surface area contributed by atoms with E-state index in [-0.39, 0.29) is 0 Å². The molecule has 0 amide bonds. The van der Waals surface area contributed by atoms with Crippen LogP contribution in [0.15, 0.2) is 0 Å². The van der Waals surface area contributed by atoms with E-state index in [0.717, 1.165) is 16.4 Å². The van der Waals surface area contributed by atoms with Gasteiger partial charge in [0.05, 0.1) is 0 Å². The van der Waals surface area contributed by atoms with Gasteiger partial charge in [-0.3, -0.25) is 0 Å². The van der Waals surface area contributed by atoms with Gasteiger partial charge in [0.15, 0.2) is 0 Å². The summed E-state index contributed by atoms with van der Waals surface area (Å²) in [6.07, 6.45) is 1.37. The molecule has 50 valence electrons. The first-order chi connectivity index (χ1) is 4.04. The van der Waals surface area contributed by atoms with E-state index in [4.69, 9.17) is 0 Å². The van der Waals surface area contributed by atoms with Gasteiger partial charge in [0.25, 0.3) is 0 Å². The second kappa shape index (κ2) is 4.42. The van der Waals surface area contributed by atoms with E-state index >= 15 is 0 Å². The molecule has 0 N–H and O–H groups in total. The third-order valence-electron chi connectivity index (χ3n) is 1.98. The summed E-state index contributed by atoms with van der Waals surface area (Å²) in [4.78, 5) is 0.